The molecule has 0 radical (unpaired) electrons. The molecule has 1 fully saturated rings. The molecule has 0 bridgehead atoms. The summed E-state index contributed by atoms with van der Waals surface area (Å²) < 4.78 is 35.7. The highest BCUT2D eigenvalue weighted by atomic mass is 31.2. The van der Waals surface area contributed by atoms with Gasteiger partial charge in [0.25, 0.3) is 0 Å². The smallest absolute Gasteiger partial charge is 0.385 e. The second-order valence-corrected chi connectivity index (χ2v) is 7.79. The first-order valence-electron chi connectivity index (χ1n) is 9.12. The molecule has 1 saturated heterocycles. The Morgan fingerprint density at radius 3 is 2.41 bits per heavy atom. The van der Waals surface area contributed by atoms with Gasteiger partial charge in [-0.25, -0.2) is 0 Å². The van der Waals surface area contributed by atoms with Crippen molar-refractivity contribution in [1.82, 2.24) is 4.98 Å². The van der Waals surface area contributed by atoms with E-state index in [0.717, 1.165) is 5.56 Å². The van der Waals surface area contributed by atoms with Crippen molar-refractivity contribution in [3.63, 3.8) is 0 Å². The van der Waals surface area contributed by atoms with E-state index in [2.05, 4.69) is 4.98 Å². The van der Waals surface area contributed by atoms with Crippen molar-refractivity contribution in [2.45, 2.75) is 13.8 Å². The molecular weight excluding hydrogens is 367 g/mol. The van der Waals surface area contributed by atoms with Gasteiger partial charge in [-0.15, -0.1) is 0 Å². The van der Waals surface area contributed by atoms with Crippen molar-refractivity contribution < 1.29 is 22.8 Å². The first-order valence-corrected chi connectivity index (χ1v) is 10.7. The van der Waals surface area contributed by atoms with E-state index >= 15 is 0 Å². The summed E-state index contributed by atoms with van der Waals surface area (Å²) >= 11 is 0. The SMILES string of the molecule is CCOP(=O)(OCC)c1nc(C=Cc2ccccc2)oc1N1CCOCC1. The number of aromatic nitrogens is 1. The Labute approximate surface area is 159 Å². The first-order chi connectivity index (χ1) is 13.2. The highest BCUT2D eigenvalue weighted by Crippen LogP contribution is 2.49. The molecule has 2 aromatic rings. The molecule has 0 atom stereocenters. The van der Waals surface area contributed by atoms with Gasteiger partial charge in [0.05, 0.1) is 26.4 Å². The monoisotopic (exact) mass is 392 g/mol. The van der Waals surface area contributed by atoms with Crippen molar-refractivity contribution in [3.8, 4) is 0 Å². The number of oxazole rings is 1. The maximum absolute atomic E-state index is 13.3. The molecule has 1 aromatic heterocycles. The molecular formula is C19H25N2O5P. The van der Waals surface area contributed by atoms with Crippen LogP contribution < -0.4 is 10.3 Å². The van der Waals surface area contributed by atoms with Crippen LogP contribution in [-0.4, -0.2) is 44.5 Å². The zero-order valence-corrected chi connectivity index (χ0v) is 16.6. The van der Waals surface area contributed by atoms with Gasteiger partial charge in [0.2, 0.25) is 17.2 Å². The topological polar surface area (TPSA) is 74.0 Å². The third-order valence-corrected chi connectivity index (χ3v) is 5.99. The Bertz CT molecular complexity index is 790. The molecule has 7 nitrogen and oxygen atoms in total. The Hall–Kier alpha value is -1.92. The lowest BCUT2D eigenvalue weighted by Gasteiger charge is -2.27. The lowest BCUT2D eigenvalue weighted by Crippen LogP contribution is -2.38. The number of ether oxygens (including phenoxy) is 1. The van der Waals surface area contributed by atoms with Crippen LogP contribution in [0.5, 0.6) is 0 Å². The third kappa shape index (κ3) is 4.87. The molecule has 1 aliphatic rings. The minimum absolute atomic E-state index is 0.223. The van der Waals surface area contributed by atoms with Crippen LogP contribution in [0.15, 0.2) is 34.7 Å². The van der Waals surface area contributed by atoms with E-state index in [0.29, 0.717) is 38.1 Å². The van der Waals surface area contributed by atoms with E-state index in [-0.39, 0.29) is 18.6 Å². The molecule has 146 valence electrons. The van der Waals surface area contributed by atoms with Crippen molar-refractivity contribution in [2.24, 2.45) is 0 Å². The van der Waals surface area contributed by atoms with Crippen LogP contribution in [-0.2, 0) is 18.3 Å². The Morgan fingerprint density at radius 1 is 1.11 bits per heavy atom. The average molecular weight is 392 g/mol. The summed E-state index contributed by atoms with van der Waals surface area (Å²) in [6, 6.07) is 9.83. The summed E-state index contributed by atoms with van der Waals surface area (Å²) in [6.45, 7) is 6.45. The summed E-state index contributed by atoms with van der Waals surface area (Å²) in [7, 11) is -3.57. The fraction of sp³-hybridized carbons (Fsp3) is 0.421. The molecule has 0 N–H and O–H groups in total. The quantitative estimate of drug-likeness (QED) is 0.636. The molecule has 0 amide bonds. The summed E-state index contributed by atoms with van der Waals surface area (Å²) in [4.78, 5) is 6.43. The van der Waals surface area contributed by atoms with E-state index in [1.165, 1.54) is 0 Å². The standard InChI is InChI=1S/C19H25N2O5P/c1-3-24-27(22,25-4-2)18-19(21-12-14-23-15-13-21)26-17(20-18)11-10-16-8-6-5-7-9-16/h5-11H,3-4,12-15H2,1-2H3. The van der Waals surface area contributed by atoms with E-state index in [4.69, 9.17) is 18.2 Å². The fourth-order valence-electron chi connectivity index (χ4n) is 2.77. The molecule has 1 aliphatic heterocycles. The van der Waals surface area contributed by atoms with Crippen LogP contribution in [0.2, 0.25) is 0 Å². The molecule has 0 spiro atoms. The van der Waals surface area contributed by atoms with Crippen LogP contribution in [0, 0.1) is 0 Å². The molecule has 0 unspecified atom stereocenters. The van der Waals surface area contributed by atoms with Gasteiger partial charge in [0.15, 0.2) is 0 Å². The fourth-order valence-corrected chi connectivity index (χ4v) is 4.41. The number of benzene rings is 1. The summed E-state index contributed by atoms with van der Waals surface area (Å²) in [5.41, 5.74) is 1.24. The Balaban J connectivity index is 1.97. The molecule has 2 heterocycles. The number of hydrogen-bond acceptors (Lipinski definition) is 7. The van der Waals surface area contributed by atoms with Gasteiger partial charge in [-0.3, -0.25) is 4.57 Å². The van der Waals surface area contributed by atoms with Crippen molar-refractivity contribution >= 4 is 31.1 Å². The maximum Gasteiger partial charge on any atom is 0.385 e. The van der Waals surface area contributed by atoms with E-state index in [9.17, 15) is 4.57 Å². The predicted octanol–water partition coefficient (Wildman–Crippen LogP) is 3.57. The highest BCUT2D eigenvalue weighted by Gasteiger charge is 2.37. The largest absolute Gasteiger partial charge is 0.420 e. The second-order valence-electron chi connectivity index (χ2n) is 5.86. The van der Waals surface area contributed by atoms with E-state index < -0.39 is 7.60 Å². The summed E-state index contributed by atoms with van der Waals surface area (Å²) in [5.74, 6) is 0.784. The van der Waals surface area contributed by atoms with Crippen molar-refractivity contribution in [1.29, 1.82) is 0 Å². The molecule has 8 heteroatoms. The third-order valence-electron chi connectivity index (χ3n) is 3.98. The van der Waals surface area contributed by atoms with Gasteiger partial charge in [0, 0.05) is 19.2 Å². The van der Waals surface area contributed by atoms with Crippen LogP contribution in [0.4, 0.5) is 5.88 Å². The van der Waals surface area contributed by atoms with Gasteiger partial charge in [0.1, 0.15) is 0 Å². The lowest BCUT2D eigenvalue weighted by atomic mass is 10.2. The van der Waals surface area contributed by atoms with Gasteiger partial charge < -0.3 is 23.1 Å². The van der Waals surface area contributed by atoms with Crippen LogP contribution in [0.25, 0.3) is 12.2 Å². The first kappa shape index (κ1) is 19.8. The zero-order chi connectivity index (χ0) is 19.1. The number of morpholine rings is 1. The molecule has 27 heavy (non-hydrogen) atoms. The van der Waals surface area contributed by atoms with E-state index in [1.807, 2.05) is 41.3 Å². The normalized spacial score (nSPS) is 15.6. The number of rotatable bonds is 8. The van der Waals surface area contributed by atoms with Gasteiger partial charge >= 0.3 is 7.60 Å². The van der Waals surface area contributed by atoms with Gasteiger partial charge in [-0.05, 0) is 25.5 Å². The van der Waals surface area contributed by atoms with Crippen LogP contribution in [0.1, 0.15) is 25.3 Å². The second kappa shape index (κ2) is 9.33. The van der Waals surface area contributed by atoms with Gasteiger partial charge in [-0.1, -0.05) is 30.3 Å². The summed E-state index contributed by atoms with van der Waals surface area (Å²) in [6.07, 6.45) is 3.65. The Morgan fingerprint density at radius 2 is 1.78 bits per heavy atom. The highest BCUT2D eigenvalue weighted by molar-refractivity contribution is 7.62. The molecule has 0 aliphatic carbocycles. The van der Waals surface area contributed by atoms with Crippen molar-refractivity contribution in [2.75, 3.05) is 44.4 Å². The summed E-state index contributed by atoms with van der Waals surface area (Å²) in [5, 5.41) is 0. The lowest BCUT2D eigenvalue weighted by molar-refractivity contribution is 0.120. The van der Waals surface area contributed by atoms with Crippen molar-refractivity contribution in [3.05, 3.63) is 41.8 Å². The molecule has 0 saturated carbocycles. The zero-order valence-electron chi connectivity index (χ0n) is 15.7. The Kier molecular flexibility index (Phi) is 6.85. The molecule has 3 rings (SSSR count). The van der Waals surface area contributed by atoms with Crippen LogP contribution >= 0.6 is 7.60 Å². The van der Waals surface area contributed by atoms with Gasteiger partial charge in [-0.2, -0.15) is 4.98 Å². The minimum atomic E-state index is -3.57. The number of hydrogen-bond donors (Lipinski definition) is 0. The van der Waals surface area contributed by atoms with E-state index in [1.54, 1.807) is 19.9 Å². The maximum atomic E-state index is 13.3. The number of anilines is 1. The minimum Gasteiger partial charge on any atom is -0.420 e. The number of nitrogens with zero attached hydrogens (tertiary/aromatic N) is 2. The predicted molar refractivity (Wildman–Crippen MR) is 105 cm³/mol. The molecule has 1 aromatic carbocycles. The average Bonchev–Trinajstić information content (AvgIpc) is 3.13. The van der Waals surface area contributed by atoms with Crippen LogP contribution in [0.3, 0.4) is 0 Å².